The lowest BCUT2D eigenvalue weighted by atomic mass is 10.0. The first-order chi connectivity index (χ1) is 9.08. The molecule has 5 heteroatoms. The average molecular weight is 261 g/mol. The van der Waals surface area contributed by atoms with Crippen molar-refractivity contribution < 1.29 is 9.59 Å². The van der Waals surface area contributed by atoms with Gasteiger partial charge < -0.3 is 15.5 Å². The standard InChI is InChI=1S/C14H19N3O2/c1-10(18)17(2)9-11-5-3-4-6-13(11)16-14(19)12-7-15-8-12/h3-6,12,15H,7-9H2,1-2H3,(H,16,19). The highest BCUT2D eigenvalue weighted by atomic mass is 16.2. The fraction of sp³-hybridized carbons (Fsp3) is 0.429. The highest BCUT2D eigenvalue weighted by Crippen LogP contribution is 2.18. The van der Waals surface area contributed by atoms with Crippen LogP contribution >= 0.6 is 0 Å². The molecule has 0 bridgehead atoms. The second-order valence-electron chi connectivity index (χ2n) is 4.88. The molecule has 1 aromatic carbocycles. The Labute approximate surface area is 113 Å². The van der Waals surface area contributed by atoms with Gasteiger partial charge in [0.1, 0.15) is 0 Å². The van der Waals surface area contributed by atoms with Gasteiger partial charge in [0.25, 0.3) is 0 Å². The molecule has 1 heterocycles. The van der Waals surface area contributed by atoms with E-state index in [1.54, 1.807) is 11.9 Å². The van der Waals surface area contributed by atoms with Gasteiger partial charge in [-0.15, -0.1) is 0 Å². The predicted molar refractivity (Wildman–Crippen MR) is 73.6 cm³/mol. The van der Waals surface area contributed by atoms with Gasteiger partial charge in [-0.05, 0) is 11.6 Å². The van der Waals surface area contributed by atoms with Crippen LogP contribution in [-0.2, 0) is 16.1 Å². The van der Waals surface area contributed by atoms with E-state index in [0.29, 0.717) is 6.54 Å². The Balaban J connectivity index is 2.07. The molecule has 0 aliphatic carbocycles. The number of benzene rings is 1. The van der Waals surface area contributed by atoms with E-state index in [1.807, 2.05) is 24.3 Å². The van der Waals surface area contributed by atoms with Crippen molar-refractivity contribution in [1.82, 2.24) is 10.2 Å². The summed E-state index contributed by atoms with van der Waals surface area (Å²) in [5.74, 6) is 0.0968. The minimum absolute atomic E-state index is 0.00400. The molecular formula is C14H19N3O2. The third-order valence-electron chi connectivity index (χ3n) is 3.37. The van der Waals surface area contributed by atoms with Gasteiger partial charge >= 0.3 is 0 Å². The highest BCUT2D eigenvalue weighted by molar-refractivity contribution is 5.94. The first-order valence-corrected chi connectivity index (χ1v) is 6.39. The van der Waals surface area contributed by atoms with Crippen molar-refractivity contribution >= 4 is 17.5 Å². The largest absolute Gasteiger partial charge is 0.342 e. The number of hydrogen-bond acceptors (Lipinski definition) is 3. The summed E-state index contributed by atoms with van der Waals surface area (Å²) in [6.07, 6.45) is 0. The molecule has 2 N–H and O–H groups in total. The van der Waals surface area contributed by atoms with Crippen LogP contribution in [0.15, 0.2) is 24.3 Å². The van der Waals surface area contributed by atoms with E-state index < -0.39 is 0 Å². The topological polar surface area (TPSA) is 61.4 Å². The zero-order valence-corrected chi connectivity index (χ0v) is 11.3. The van der Waals surface area contributed by atoms with Crippen LogP contribution in [0.5, 0.6) is 0 Å². The molecule has 5 nitrogen and oxygen atoms in total. The maximum Gasteiger partial charge on any atom is 0.230 e. The van der Waals surface area contributed by atoms with Crippen molar-refractivity contribution in [2.75, 3.05) is 25.5 Å². The second-order valence-corrected chi connectivity index (χ2v) is 4.88. The molecule has 2 amide bonds. The molecule has 1 saturated heterocycles. The number of amides is 2. The monoisotopic (exact) mass is 261 g/mol. The molecule has 0 saturated carbocycles. The van der Waals surface area contributed by atoms with Crippen molar-refractivity contribution in [3.8, 4) is 0 Å². The van der Waals surface area contributed by atoms with Crippen molar-refractivity contribution in [1.29, 1.82) is 0 Å². The molecule has 102 valence electrons. The van der Waals surface area contributed by atoms with Gasteiger partial charge in [0.05, 0.1) is 5.92 Å². The summed E-state index contributed by atoms with van der Waals surface area (Å²) in [6.45, 7) is 3.50. The van der Waals surface area contributed by atoms with E-state index in [-0.39, 0.29) is 17.7 Å². The third-order valence-corrected chi connectivity index (χ3v) is 3.37. The van der Waals surface area contributed by atoms with Crippen LogP contribution in [0.25, 0.3) is 0 Å². The molecule has 19 heavy (non-hydrogen) atoms. The third kappa shape index (κ3) is 3.32. The maximum atomic E-state index is 11.9. The van der Waals surface area contributed by atoms with Crippen molar-refractivity contribution in [2.45, 2.75) is 13.5 Å². The number of anilines is 1. The molecule has 0 spiro atoms. The molecule has 1 aromatic rings. The van der Waals surface area contributed by atoms with Crippen molar-refractivity contribution in [3.05, 3.63) is 29.8 Å². The molecule has 0 atom stereocenters. The van der Waals surface area contributed by atoms with Gasteiger partial charge in [0.2, 0.25) is 11.8 Å². The van der Waals surface area contributed by atoms with Gasteiger partial charge in [-0.25, -0.2) is 0 Å². The normalized spacial score (nSPS) is 14.6. The van der Waals surface area contributed by atoms with Crippen molar-refractivity contribution in [3.63, 3.8) is 0 Å². The minimum Gasteiger partial charge on any atom is -0.342 e. The van der Waals surface area contributed by atoms with Gasteiger partial charge in [-0.1, -0.05) is 18.2 Å². The van der Waals surface area contributed by atoms with Gasteiger partial charge in [0.15, 0.2) is 0 Å². The Kier molecular flexibility index (Phi) is 4.16. The summed E-state index contributed by atoms with van der Waals surface area (Å²) in [5, 5.41) is 6.02. The Morgan fingerprint density at radius 1 is 1.37 bits per heavy atom. The number of nitrogens with one attached hydrogen (secondary N) is 2. The Morgan fingerprint density at radius 3 is 2.63 bits per heavy atom. The molecule has 0 unspecified atom stereocenters. The smallest absolute Gasteiger partial charge is 0.230 e. The molecule has 2 rings (SSSR count). The number of hydrogen-bond donors (Lipinski definition) is 2. The summed E-state index contributed by atoms with van der Waals surface area (Å²) >= 11 is 0. The number of rotatable bonds is 4. The quantitative estimate of drug-likeness (QED) is 0.843. The van der Waals surface area contributed by atoms with E-state index in [1.165, 1.54) is 6.92 Å². The Hall–Kier alpha value is -1.88. The summed E-state index contributed by atoms with van der Waals surface area (Å²) in [6, 6.07) is 7.58. The minimum atomic E-state index is 0.00400. The van der Waals surface area contributed by atoms with Crippen LogP contribution in [0, 0.1) is 5.92 Å². The first kappa shape index (κ1) is 13.5. The van der Waals surface area contributed by atoms with Crippen LogP contribution < -0.4 is 10.6 Å². The lowest BCUT2D eigenvalue weighted by molar-refractivity contribution is -0.128. The molecule has 1 fully saturated rings. The molecule has 1 aliphatic rings. The van der Waals surface area contributed by atoms with Crippen LogP contribution in [-0.4, -0.2) is 36.9 Å². The van der Waals surface area contributed by atoms with Gasteiger partial charge in [-0.2, -0.15) is 0 Å². The zero-order chi connectivity index (χ0) is 13.8. The highest BCUT2D eigenvalue weighted by Gasteiger charge is 2.25. The lowest BCUT2D eigenvalue weighted by Gasteiger charge is -2.26. The zero-order valence-electron chi connectivity index (χ0n) is 11.3. The SMILES string of the molecule is CC(=O)N(C)Cc1ccccc1NC(=O)C1CNC1. The number of carbonyl (C=O) groups excluding carboxylic acids is 2. The summed E-state index contributed by atoms with van der Waals surface area (Å²) in [4.78, 5) is 24.8. The van der Waals surface area contributed by atoms with Crippen LogP contribution in [0.1, 0.15) is 12.5 Å². The van der Waals surface area contributed by atoms with Crippen LogP contribution in [0.3, 0.4) is 0 Å². The van der Waals surface area contributed by atoms with E-state index in [4.69, 9.17) is 0 Å². The molecule has 0 aromatic heterocycles. The van der Waals surface area contributed by atoms with E-state index in [9.17, 15) is 9.59 Å². The average Bonchev–Trinajstić information content (AvgIpc) is 2.29. The summed E-state index contributed by atoms with van der Waals surface area (Å²) in [7, 11) is 1.75. The second kappa shape index (κ2) is 5.84. The molecule has 0 radical (unpaired) electrons. The Bertz CT molecular complexity index is 483. The number of nitrogens with zero attached hydrogens (tertiary/aromatic N) is 1. The van der Waals surface area contributed by atoms with Crippen molar-refractivity contribution in [2.24, 2.45) is 5.92 Å². The summed E-state index contributed by atoms with van der Waals surface area (Å²) in [5.41, 5.74) is 1.73. The number of para-hydroxylation sites is 1. The predicted octanol–water partition coefficient (Wildman–Crippen LogP) is 0.823. The maximum absolute atomic E-state index is 11.9. The molecule has 1 aliphatic heterocycles. The fourth-order valence-corrected chi connectivity index (χ4v) is 1.86. The van der Waals surface area contributed by atoms with Crippen LogP contribution in [0.2, 0.25) is 0 Å². The van der Waals surface area contributed by atoms with Gasteiger partial charge in [-0.3, -0.25) is 9.59 Å². The number of carbonyl (C=O) groups is 2. The van der Waals surface area contributed by atoms with E-state index >= 15 is 0 Å². The van der Waals surface area contributed by atoms with E-state index in [2.05, 4.69) is 10.6 Å². The van der Waals surface area contributed by atoms with E-state index in [0.717, 1.165) is 24.3 Å². The lowest BCUT2D eigenvalue weighted by Crippen LogP contribution is -2.48. The van der Waals surface area contributed by atoms with Gasteiger partial charge in [0, 0.05) is 39.3 Å². The fourth-order valence-electron chi connectivity index (χ4n) is 1.86. The summed E-state index contributed by atoms with van der Waals surface area (Å²) < 4.78 is 0. The molecular weight excluding hydrogens is 242 g/mol. The Morgan fingerprint density at radius 2 is 2.05 bits per heavy atom. The first-order valence-electron chi connectivity index (χ1n) is 6.39. The van der Waals surface area contributed by atoms with Crippen LogP contribution in [0.4, 0.5) is 5.69 Å².